The van der Waals surface area contributed by atoms with Crippen LogP contribution in [0.2, 0.25) is 0 Å². The normalized spacial score (nSPS) is 22.2. The zero-order chi connectivity index (χ0) is 17.2. The molecule has 2 aromatic rings. The van der Waals surface area contributed by atoms with Crippen molar-refractivity contribution in [2.75, 3.05) is 13.1 Å². The first-order chi connectivity index (χ1) is 11.5. The molecular weight excluding hydrogens is 316 g/mol. The maximum Gasteiger partial charge on any atom is 0.0964 e. The van der Waals surface area contributed by atoms with Crippen LogP contribution in [0.25, 0.3) is 0 Å². The quantitative estimate of drug-likeness (QED) is 0.821. The predicted molar refractivity (Wildman–Crippen MR) is 98.0 cm³/mol. The summed E-state index contributed by atoms with van der Waals surface area (Å²) < 4.78 is 6.13. The largest absolute Gasteiger partial charge is 0.368 e. The predicted octanol–water partition coefficient (Wildman–Crippen LogP) is 4.51. The Morgan fingerprint density at radius 3 is 2.79 bits per heavy atom. The van der Waals surface area contributed by atoms with E-state index in [-0.39, 0.29) is 12.2 Å². The average molecular weight is 340 g/mol. The number of ether oxygens (including phenoxy) is 1. The number of morpholine rings is 1. The van der Waals surface area contributed by atoms with Gasteiger partial charge in [0.05, 0.1) is 23.7 Å². The number of rotatable bonds is 4. The van der Waals surface area contributed by atoms with E-state index in [4.69, 9.17) is 4.74 Å². The summed E-state index contributed by atoms with van der Waals surface area (Å²) in [5.41, 5.74) is 3.16. The van der Waals surface area contributed by atoms with Gasteiger partial charge in [-0.2, -0.15) is 16.6 Å². The van der Waals surface area contributed by atoms with Crippen LogP contribution in [0, 0.1) is 11.3 Å². The first-order valence-corrected chi connectivity index (χ1v) is 9.33. The molecule has 1 aromatic heterocycles. The lowest BCUT2D eigenvalue weighted by Gasteiger charge is -2.37. The summed E-state index contributed by atoms with van der Waals surface area (Å²) in [5.74, 6) is 0. The third-order valence-electron chi connectivity index (χ3n) is 4.62. The van der Waals surface area contributed by atoms with Crippen LogP contribution in [0.4, 0.5) is 0 Å². The van der Waals surface area contributed by atoms with Crippen molar-refractivity contribution in [3.8, 4) is 6.07 Å². The molecule has 0 saturated carbocycles. The molecule has 0 spiro atoms. The molecule has 3 rings (SSSR count). The molecule has 2 atom stereocenters. The molecule has 1 aliphatic heterocycles. The second-order valence-corrected chi connectivity index (χ2v) is 7.86. The lowest BCUT2D eigenvalue weighted by atomic mass is 9.83. The molecule has 2 heterocycles. The van der Waals surface area contributed by atoms with Crippen LogP contribution in [-0.4, -0.2) is 24.1 Å². The Kier molecular flexibility index (Phi) is 5.05. The maximum absolute atomic E-state index is 9.50. The van der Waals surface area contributed by atoms with Gasteiger partial charge in [0.15, 0.2) is 0 Å². The zero-order valence-electron chi connectivity index (χ0n) is 14.5. The van der Waals surface area contributed by atoms with Crippen molar-refractivity contribution in [1.82, 2.24) is 4.90 Å². The highest BCUT2D eigenvalue weighted by molar-refractivity contribution is 7.07. The second kappa shape index (κ2) is 7.06. The Morgan fingerprint density at radius 2 is 2.08 bits per heavy atom. The smallest absolute Gasteiger partial charge is 0.0964 e. The van der Waals surface area contributed by atoms with E-state index in [1.165, 1.54) is 11.1 Å². The third kappa shape index (κ3) is 3.70. The number of benzene rings is 1. The molecule has 24 heavy (non-hydrogen) atoms. The molecule has 1 fully saturated rings. The number of nitriles is 1. The van der Waals surface area contributed by atoms with Crippen molar-refractivity contribution in [2.45, 2.75) is 44.9 Å². The molecule has 126 valence electrons. The van der Waals surface area contributed by atoms with Gasteiger partial charge in [0, 0.05) is 19.6 Å². The van der Waals surface area contributed by atoms with Gasteiger partial charge in [0.2, 0.25) is 0 Å². The standard InChI is InChI=1S/C20H24N2OS/c1-15-10-22(12-19(23-15)17-8-9-24-13-17)11-16-6-4-5-7-18(16)20(2,3)14-21/h4-9,13,15,19H,10-12H2,1-3H3/t15-,19+/m1/s1. The van der Waals surface area contributed by atoms with Crippen molar-refractivity contribution in [3.05, 3.63) is 57.8 Å². The molecule has 1 aromatic carbocycles. The lowest BCUT2D eigenvalue weighted by molar-refractivity contribution is -0.0813. The SMILES string of the molecule is C[C@@H]1CN(Cc2ccccc2C(C)(C)C#N)C[C@@H](c2ccsc2)O1. The minimum atomic E-state index is -0.471. The van der Waals surface area contributed by atoms with Gasteiger partial charge in [-0.3, -0.25) is 4.90 Å². The second-order valence-electron chi connectivity index (χ2n) is 7.08. The third-order valence-corrected chi connectivity index (χ3v) is 5.32. The van der Waals surface area contributed by atoms with Crippen LogP contribution in [0.1, 0.15) is 43.6 Å². The highest BCUT2D eigenvalue weighted by Crippen LogP contribution is 2.30. The maximum atomic E-state index is 9.50. The Balaban J connectivity index is 1.80. The topological polar surface area (TPSA) is 36.3 Å². The minimum Gasteiger partial charge on any atom is -0.368 e. The van der Waals surface area contributed by atoms with Gasteiger partial charge in [-0.15, -0.1) is 0 Å². The fourth-order valence-corrected chi connectivity index (χ4v) is 4.08. The van der Waals surface area contributed by atoms with Crippen LogP contribution in [0.5, 0.6) is 0 Å². The highest BCUT2D eigenvalue weighted by Gasteiger charge is 2.29. The van der Waals surface area contributed by atoms with Crippen LogP contribution in [-0.2, 0) is 16.7 Å². The molecule has 0 N–H and O–H groups in total. The number of hydrogen-bond acceptors (Lipinski definition) is 4. The van der Waals surface area contributed by atoms with Crippen molar-refractivity contribution < 1.29 is 4.74 Å². The van der Waals surface area contributed by atoms with E-state index in [0.717, 1.165) is 25.2 Å². The molecule has 3 nitrogen and oxygen atoms in total. The van der Waals surface area contributed by atoms with Crippen molar-refractivity contribution in [1.29, 1.82) is 5.26 Å². The fraction of sp³-hybridized carbons (Fsp3) is 0.450. The molecular formula is C20H24N2OS. The highest BCUT2D eigenvalue weighted by atomic mass is 32.1. The van der Waals surface area contributed by atoms with Crippen LogP contribution < -0.4 is 0 Å². The van der Waals surface area contributed by atoms with E-state index in [0.29, 0.717) is 0 Å². The summed E-state index contributed by atoms with van der Waals surface area (Å²) in [5, 5.41) is 13.8. The van der Waals surface area contributed by atoms with Gasteiger partial charge in [-0.05, 0) is 54.3 Å². The van der Waals surface area contributed by atoms with Crippen molar-refractivity contribution in [3.63, 3.8) is 0 Å². The molecule has 0 amide bonds. The van der Waals surface area contributed by atoms with Crippen LogP contribution in [0.15, 0.2) is 41.1 Å². The molecule has 0 unspecified atom stereocenters. The molecule has 1 aliphatic rings. The Bertz CT molecular complexity index is 717. The molecule has 0 bridgehead atoms. The number of thiophene rings is 1. The van der Waals surface area contributed by atoms with E-state index in [2.05, 4.69) is 52.9 Å². The average Bonchev–Trinajstić information content (AvgIpc) is 3.09. The summed E-state index contributed by atoms with van der Waals surface area (Å²) in [6, 6.07) is 12.9. The summed E-state index contributed by atoms with van der Waals surface area (Å²) in [6.07, 6.45) is 0.343. The van der Waals surface area contributed by atoms with Gasteiger partial charge in [0.25, 0.3) is 0 Å². The lowest BCUT2D eigenvalue weighted by Crippen LogP contribution is -2.42. The van der Waals surface area contributed by atoms with E-state index in [9.17, 15) is 5.26 Å². The van der Waals surface area contributed by atoms with E-state index in [1.807, 2.05) is 19.9 Å². The molecule has 1 saturated heterocycles. The van der Waals surface area contributed by atoms with Gasteiger partial charge in [0.1, 0.15) is 0 Å². The van der Waals surface area contributed by atoms with Crippen LogP contribution in [0.3, 0.4) is 0 Å². The number of nitrogens with zero attached hydrogens (tertiary/aromatic N) is 2. The molecule has 4 heteroatoms. The number of hydrogen-bond donors (Lipinski definition) is 0. The van der Waals surface area contributed by atoms with Gasteiger partial charge in [-0.25, -0.2) is 0 Å². The molecule has 0 radical (unpaired) electrons. The summed E-state index contributed by atoms with van der Waals surface area (Å²) >= 11 is 1.71. The zero-order valence-corrected chi connectivity index (χ0v) is 15.3. The van der Waals surface area contributed by atoms with Crippen molar-refractivity contribution >= 4 is 11.3 Å². The van der Waals surface area contributed by atoms with Gasteiger partial charge >= 0.3 is 0 Å². The first-order valence-electron chi connectivity index (χ1n) is 8.39. The van der Waals surface area contributed by atoms with Gasteiger partial charge in [-0.1, -0.05) is 24.3 Å². The summed E-state index contributed by atoms with van der Waals surface area (Å²) in [6.45, 7) is 8.78. The molecule has 0 aliphatic carbocycles. The summed E-state index contributed by atoms with van der Waals surface area (Å²) in [7, 11) is 0. The van der Waals surface area contributed by atoms with E-state index < -0.39 is 5.41 Å². The Labute approximate surface area is 148 Å². The van der Waals surface area contributed by atoms with Crippen LogP contribution >= 0.6 is 11.3 Å². The Hall–Kier alpha value is -1.67. The monoisotopic (exact) mass is 340 g/mol. The summed E-state index contributed by atoms with van der Waals surface area (Å²) in [4.78, 5) is 2.45. The van der Waals surface area contributed by atoms with E-state index >= 15 is 0 Å². The van der Waals surface area contributed by atoms with E-state index in [1.54, 1.807) is 11.3 Å². The van der Waals surface area contributed by atoms with Crippen molar-refractivity contribution in [2.24, 2.45) is 0 Å². The first kappa shape index (κ1) is 17.2. The Morgan fingerprint density at radius 1 is 1.29 bits per heavy atom. The van der Waals surface area contributed by atoms with Gasteiger partial charge < -0.3 is 4.74 Å². The fourth-order valence-electron chi connectivity index (χ4n) is 3.38. The minimum absolute atomic E-state index is 0.135.